The molecule has 1 aromatic rings. The lowest BCUT2D eigenvalue weighted by Crippen LogP contribution is -2.24. The van der Waals surface area contributed by atoms with Crippen LogP contribution in [0.4, 0.5) is 0 Å². The Morgan fingerprint density at radius 3 is 2.76 bits per heavy atom. The lowest BCUT2D eigenvalue weighted by Gasteiger charge is -2.07. The van der Waals surface area contributed by atoms with Gasteiger partial charge in [-0.05, 0) is 59.5 Å². The number of benzene rings is 1. The molecule has 0 atom stereocenters. The van der Waals surface area contributed by atoms with Gasteiger partial charge in [0.2, 0.25) is 0 Å². The fraction of sp³-hybridized carbons (Fsp3) is 0.462. The number of halogens is 2. The van der Waals surface area contributed by atoms with Crippen LogP contribution in [-0.2, 0) is 0 Å². The van der Waals surface area contributed by atoms with Crippen LogP contribution in [0.15, 0.2) is 18.2 Å². The van der Waals surface area contributed by atoms with Crippen molar-refractivity contribution in [3.8, 4) is 0 Å². The molecule has 0 aliphatic carbocycles. The highest BCUT2D eigenvalue weighted by Crippen LogP contribution is 2.19. The first-order valence-electron chi connectivity index (χ1n) is 5.74. The Morgan fingerprint density at radius 2 is 2.18 bits per heavy atom. The minimum Gasteiger partial charge on any atom is -0.352 e. The second-order valence-corrected chi connectivity index (χ2v) is 5.99. The molecule has 0 aliphatic heterocycles. The predicted octanol–water partition coefficient (Wildman–Crippen LogP) is 4.11. The van der Waals surface area contributed by atoms with Gasteiger partial charge in [0.05, 0.1) is 5.02 Å². The Labute approximate surface area is 121 Å². The Morgan fingerprint density at radius 1 is 1.47 bits per heavy atom. The molecule has 0 unspecified atom stereocenters. The van der Waals surface area contributed by atoms with E-state index in [9.17, 15) is 4.79 Å². The van der Waals surface area contributed by atoms with Crippen molar-refractivity contribution in [1.29, 1.82) is 0 Å². The van der Waals surface area contributed by atoms with Crippen LogP contribution in [0.2, 0.25) is 5.02 Å². The van der Waals surface area contributed by atoms with Gasteiger partial charge in [0.25, 0.3) is 5.91 Å². The second-order valence-electron chi connectivity index (χ2n) is 4.42. The summed E-state index contributed by atoms with van der Waals surface area (Å²) in [5.74, 6) is 0.631. The number of carbonyl (C=O) groups excluding carboxylic acids is 1. The van der Waals surface area contributed by atoms with Crippen molar-refractivity contribution in [3.63, 3.8) is 0 Å². The van der Waals surface area contributed by atoms with Crippen LogP contribution in [0.25, 0.3) is 0 Å². The Balaban J connectivity index is 2.44. The fourth-order valence-corrected chi connectivity index (χ4v) is 1.97. The third kappa shape index (κ3) is 5.25. The van der Waals surface area contributed by atoms with E-state index in [0.717, 1.165) is 23.0 Å². The highest BCUT2D eigenvalue weighted by atomic mass is 127. The average Bonchev–Trinajstić information content (AvgIpc) is 2.27. The van der Waals surface area contributed by atoms with Crippen LogP contribution >= 0.6 is 34.2 Å². The smallest absolute Gasteiger partial charge is 0.251 e. The molecule has 4 heteroatoms. The molecule has 0 aliphatic rings. The minimum atomic E-state index is -0.0490. The number of rotatable bonds is 5. The van der Waals surface area contributed by atoms with E-state index >= 15 is 0 Å². The Bertz CT molecular complexity index is 393. The number of carbonyl (C=O) groups is 1. The van der Waals surface area contributed by atoms with Gasteiger partial charge in [-0.25, -0.2) is 0 Å². The van der Waals surface area contributed by atoms with Gasteiger partial charge >= 0.3 is 0 Å². The molecule has 1 amide bonds. The number of nitrogens with one attached hydrogen (secondary N) is 1. The molecule has 1 aromatic carbocycles. The van der Waals surface area contributed by atoms with Crippen molar-refractivity contribution in [2.75, 3.05) is 6.54 Å². The molecule has 1 rings (SSSR count). The maximum absolute atomic E-state index is 11.8. The molecule has 1 N–H and O–H groups in total. The summed E-state index contributed by atoms with van der Waals surface area (Å²) in [6.45, 7) is 5.09. The van der Waals surface area contributed by atoms with Gasteiger partial charge in [-0.15, -0.1) is 0 Å². The first-order valence-corrected chi connectivity index (χ1v) is 7.19. The summed E-state index contributed by atoms with van der Waals surface area (Å²) < 4.78 is 0.959. The van der Waals surface area contributed by atoms with Crippen molar-refractivity contribution in [2.24, 2.45) is 5.92 Å². The monoisotopic (exact) mass is 365 g/mol. The van der Waals surface area contributed by atoms with Crippen LogP contribution in [0.3, 0.4) is 0 Å². The lowest BCUT2D eigenvalue weighted by molar-refractivity contribution is 0.0952. The highest BCUT2D eigenvalue weighted by Gasteiger charge is 2.07. The molecular formula is C13H17ClINO. The summed E-state index contributed by atoms with van der Waals surface area (Å²) >= 11 is 8.12. The van der Waals surface area contributed by atoms with Gasteiger partial charge in [0.15, 0.2) is 0 Å². The van der Waals surface area contributed by atoms with Crippen LogP contribution in [0.5, 0.6) is 0 Å². The lowest BCUT2D eigenvalue weighted by atomic mass is 10.1. The molecule has 0 saturated heterocycles. The molecule has 17 heavy (non-hydrogen) atoms. The Kier molecular flexibility index (Phi) is 6.27. The van der Waals surface area contributed by atoms with Crippen molar-refractivity contribution < 1.29 is 4.79 Å². The van der Waals surface area contributed by atoms with Crippen LogP contribution < -0.4 is 5.32 Å². The summed E-state index contributed by atoms with van der Waals surface area (Å²) in [5, 5.41) is 3.53. The zero-order valence-corrected chi connectivity index (χ0v) is 13.0. The first-order chi connectivity index (χ1) is 8.00. The van der Waals surface area contributed by atoms with E-state index in [2.05, 4.69) is 41.8 Å². The third-order valence-corrected chi connectivity index (χ3v) is 4.00. The molecule has 94 valence electrons. The summed E-state index contributed by atoms with van der Waals surface area (Å²) in [4.78, 5) is 11.8. The highest BCUT2D eigenvalue weighted by molar-refractivity contribution is 14.1. The largest absolute Gasteiger partial charge is 0.352 e. The standard InChI is InChI=1S/C13H17ClINO/c1-9(2)4-3-7-16-13(17)10-5-6-12(15)11(14)8-10/h5-6,8-9H,3-4,7H2,1-2H3,(H,16,17). The summed E-state index contributed by atoms with van der Waals surface area (Å²) in [6, 6.07) is 5.36. The molecule has 2 nitrogen and oxygen atoms in total. The molecule has 0 radical (unpaired) electrons. The summed E-state index contributed by atoms with van der Waals surface area (Å²) in [6.07, 6.45) is 2.15. The first kappa shape index (κ1) is 14.8. The third-order valence-electron chi connectivity index (χ3n) is 2.43. The van der Waals surface area contributed by atoms with Crippen molar-refractivity contribution in [1.82, 2.24) is 5.32 Å². The maximum Gasteiger partial charge on any atom is 0.251 e. The normalized spacial score (nSPS) is 10.6. The van der Waals surface area contributed by atoms with E-state index in [1.54, 1.807) is 12.1 Å². The maximum atomic E-state index is 11.8. The van der Waals surface area contributed by atoms with Gasteiger partial charge in [0, 0.05) is 15.7 Å². The average molecular weight is 366 g/mol. The quantitative estimate of drug-likeness (QED) is 0.617. The van der Waals surface area contributed by atoms with E-state index in [4.69, 9.17) is 11.6 Å². The van der Waals surface area contributed by atoms with E-state index in [1.807, 2.05) is 6.07 Å². The number of amides is 1. The van der Waals surface area contributed by atoms with Crippen LogP contribution in [-0.4, -0.2) is 12.5 Å². The molecule has 0 saturated carbocycles. The van der Waals surface area contributed by atoms with Crippen molar-refractivity contribution in [3.05, 3.63) is 32.4 Å². The van der Waals surface area contributed by atoms with E-state index in [0.29, 0.717) is 16.5 Å². The van der Waals surface area contributed by atoms with Crippen molar-refractivity contribution >= 4 is 40.1 Å². The molecular weight excluding hydrogens is 349 g/mol. The van der Waals surface area contributed by atoms with E-state index in [1.165, 1.54) is 0 Å². The number of hydrogen-bond acceptors (Lipinski definition) is 1. The number of hydrogen-bond donors (Lipinski definition) is 1. The predicted molar refractivity (Wildman–Crippen MR) is 80.6 cm³/mol. The van der Waals surface area contributed by atoms with Crippen molar-refractivity contribution in [2.45, 2.75) is 26.7 Å². The van der Waals surface area contributed by atoms with Gasteiger partial charge in [-0.3, -0.25) is 4.79 Å². The van der Waals surface area contributed by atoms with Gasteiger partial charge in [-0.1, -0.05) is 25.4 Å². The fourth-order valence-electron chi connectivity index (χ4n) is 1.45. The zero-order chi connectivity index (χ0) is 12.8. The van der Waals surface area contributed by atoms with E-state index in [-0.39, 0.29) is 5.91 Å². The molecule has 0 bridgehead atoms. The molecule has 0 spiro atoms. The van der Waals surface area contributed by atoms with Gasteiger partial charge in [-0.2, -0.15) is 0 Å². The second kappa shape index (κ2) is 7.21. The van der Waals surface area contributed by atoms with Crippen LogP contribution in [0.1, 0.15) is 37.0 Å². The SMILES string of the molecule is CC(C)CCCNC(=O)c1ccc(I)c(Cl)c1. The molecule has 0 heterocycles. The molecule has 0 aromatic heterocycles. The summed E-state index contributed by atoms with van der Waals surface area (Å²) in [5.41, 5.74) is 0.625. The van der Waals surface area contributed by atoms with Gasteiger partial charge in [0.1, 0.15) is 0 Å². The zero-order valence-electron chi connectivity index (χ0n) is 10.1. The minimum absolute atomic E-state index is 0.0490. The van der Waals surface area contributed by atoms with Gasteiger partial charge < -0.3 is 5.32 Å². The summed E-state index contributed by atoms with van der Waals surface area (Å²) in [7, 11) is 0. The topological polar surface area (TPSA) is 29.1 Å². The van der Waals surface area contributed by atoms with E-state index < -0.39 is 0 Å². The Hall–Kier alpha value is -0.290. The van der Waals surface area contributed by atoms with Crippen LogP contribution in [0, 0.1) is 9.49 Å². The molecule has 0 fully saturated rings.